The third kappa shape index (κ3) is 2.30. The lowest BCUT2D eigenvalue weighted by Crippen LogP contribution is -2.41. The molecule has 0 saturated carbocycles. The zero-order valence-corrected chi connectivity index (χ0v) is 13.4. The van der Waals surface area contributed by atoms with Crippen LogP contribution in [0.25, 0.3) is 5.52 Å². The Morgan fingerprint density at radius 2 is 1.86 bits per heavy atom. The summed E-state index contributed by atoms with van der Waals surface area (Å²) < 4.78 is 18.4. The average Bonchev–Trinajstić information content (AvgIpc) is 2.96. The van der Waals surface area contributed by atoms with Gasteiger partial charge in [0.05, 0.1) is 23.8 Å². The van der Waals surface area contributed by atoms with E-state index in [-0.39, 0.29) is 16.9 Å². The van der Waals surface area contributed by atoms with Crippen LogP contribution < -0.4 is 5.46 Å². The fourth-order valence-corrected chi connectivity index (χ4v) is 2.34. The van der Waals surface area contributed by atoms with Crippen molar-refractivity contribution in [3.05, 3.63) is 30.1 Å². The lowest BCUT2D eigenvalue weighted by molar-refractivity contribution is 0.00578. The molecule has 7 heteroatoms. The highest BCUT2D eigenvalue weighted by molar-refractivity contribution is 6.62. The summed E-state index contributed by atoms with van der Waals surface area (Å²) in [5, 5.41) is 4.17. The summed E-state index contributed by atoms with van der Waals surface area (Å²) in [7, 11) is 0.897. The first-order chi connectivity index (χ1) is 10.2. The van der Waals surface area contributed by atoms with Gasteiger partial charge in [0.25, 0.3) is 0 Å². The van der Waals surface area contributed by atoms with Crippen LogP contribution >= 0.6 is 0 Å². The van der Waals surface area contributed by atoms with Crippen LogP contribution in [-0.2, 0) is 14.0 Å². The summed E-state index contributed by atoms with van der Waals surface area (Å²) >= 11 is 0. The van der Waals surface area contributed by atoms with Crippen LogP contribution in [0.3, 0.4) is 0 Å². The Labute approximate surface area is 129 Å². The van der Waals surface area contributed by atoms with E-state index in [2.05, 4.69) is 9.84 Å². The standard InChI is InChI=1S/C15H19BN2O4/c1-14(2)15(3,4)22-16(21-14)10-6-7-18-11(8-10)9-12(17-18)13(19)20-5/h6-9H,1-5H3. The van der Waals surface area contributed by atoms with Gasteiger partial charge < -0.3 is 14.0 Å². The van der Waals surface area contributed by atoms with Gasteiger partial charge in [-0.05, 0) is 51.4 Å². The van der Waals surface area contributed by atoms with Crippen LogP contribution in [0.2, 0.25) is 0 Å². The highest BCUT2D eigenvalue weighted by Gasteiger charge is 2.51. The Kier molecular flexibility index (Phi) is 3.30. The van der Waals surface area contributed by atoms with Crippen molar-refractivity contribution in [1.29, 1.82) is 0 Å². The van der Waals surface area contributed by atoms with E-state index in [1.165, 1.54) is 7.11 Å². The van der Waals surface area contributed by atoms with Gasteiger partial charge in [0.2, 0.25) is 0 Å². The highest BCUT2D eigenvalue weighted by Crippen LogP contribution is 2.36. The molecule has 0 atom stereocenters. The third-order valence-corrected chi connectivity index (χ3v) is 4.41. The molecule has 1 aliphatic rings. The summed E-state index contributed by atoms with van der Waals surface area (Å²) in [6.07, 6.45) is 1.78. The second kappa shape index (κ2) is 4.82. The first-order valence-electron chi connectivity index (χ1n) is 7.17. The SMILES string of the molecule is COC(=O)c1cc2cc(B3OC(C)(C)C(C)(C)O3)ccn2n1. The zero-order chi connectivity index (χ0) is 16.1. The van der Waals surface area contributed by atoms with Crippen molar-refractivity contribution in [1.82, 2.24) is 9.61 Å². The molecule has 3 heterocycles. The highest BCUT2D eigenvalue weighted by atomic mass is 16.7. The number of aromatic nitrogens is 2. The molecule has 2 aromatic rings. The molecule has 0 unspecified atom stereocenters. The van der Waals surface area contributed by atoms with Gasteiger partial charge in [-0.1, -0.05) is 0 Å². The van der Waals surface area contributed by atoms with Gasteiger partial charge in [-0.25, -0.2) is 9.31 Å². The molecular formula is C15H19BN2O4. The molecule has 22 heavy (non-hydrogen) atoms. The molecule has 0 aliphatic carbocycles. The van der Waals surface area contributed by atoms with Crippen molar-refractivity contribution in [3.8, 4) is 0 Å². The molecule has 116 valence electrons. The van der Waals surface area contributed by atoms with Gasteiger partial charge in [-0.15, -0.1) is 0 Å². The molecule has 0 radical (unpaired) electrons. The Hall–Kier alpha value is -1.86. The summed E-state index contributed by atoms with van der Waals surface area (Å²) in [6.45, 7) is 8.05. The number of nitrogens with zero attached hydrogens (tertiary/aromatic N) is 2. The number of esters is 1. The van der Waals surface area contributed by atoms with Crippen LogP contribution in [0.4, 0.5) is 0 Å². The fourth-order valence-electron chi connectivity index (χ4n) is 2.34. The Bertz CT molecular complexity index is 722. The molecule has 0 aromatic carbocycles. The van der Waals surface area contributed by atoms with Crippen molar-refractivity contribution in [2.75, 3.05) is 7.11 Å². The number of carbonyl (C=O) groups is 1. The molecule has 1 aliphatic heterocycles. The number of fused-ring (bicyclic) bond motifs is 1. The minimum Gasteiger partial charge on any atom is -0.464 e. The zero-order valence-electron chi connectivity index (χ0n) is 13.4. The number of methoxy groups -OCH3 is 1. The number of carbonyl (C=O) groups excluding carboxylic acids is 1. The molecule has 0 spiro atoms. The summed E-state index contributed by atoms with van der Waals surface area (Å²) in [6, 6.07) is 5.46. The first kappa shape index (κ1) is 15.1. The van der Waals surface area contributed by atoms with E-state index >= 15 is 0 Å². The molecule has 0 N–H and O–H groups in total. The summed E-state index contributed by atoms with van der Waals surface area (Å²) in [5.74, 6) is -0.458. The molecule has 0 amide bonds. The molecule has 0 bridgehead atoms. The molecular weight excluding hydrogens is 283 g/mol. The normalized spacial score (nSPS) is 19.6. The van der Waals surface area contributed by atoms with Gasteiger partial charge >= 0.3 is 13.1 Å². The van der Waals surface area contributed by atoms with E-state index in [4.69, 9.17) is 9.31 Å². The predicted molar refractivity (Wildman–Crippen MR) is 82.2 cm³/mol. The second-order valence-electron chi connectivity index (χ2n) is 6.44. The molecule has 6 nitrogen and oxygen atoms in total. The minimum absolute atomic E-state index is 0.272. The maximum atomic E-state index is 11.5. The Balaban J connectivity index is 1.95. The van der Waals surface area contributed by atoms with E-state index in [1.54, 1.807) is 16.8 Å². The van der Waals surface area contributed by atoms with Crippen LogP contribution in [0.1, 0.15) is 38.2 Å². The topological polar surface area (TPSA) is 62.1 Å². The number of hydrogen-bond donors (Lipinski definition) is 0. The quantitative estimate of drug-likeness (QED) is 0.620. The summed E-state index contributed by atoms with van der Waals surface area (Å²) in [5.41, 5.74) is 1.17. The van der Waals surface area contributed by atoms with E-state index in [0.29, 0.717) is 0 Å². The fraction of sp³-hybridized carbons (Fsp3) is 0.467. The number of ether oxygens (including phenoxy) is 1. The smallest absolute Gasteiger partial charge is 0.464 e. The van der Waals surface area contributed by atoms with E-state index in [1.807, 2.05) is 39.8 Å². The van der Waals surface area contributed by atoms with Gasteiger partial charge in [0.1, 0.15) is 0 Å². The van der Waals surface area contributed by atoms with Crippen molar-refractivity contribution in [2.45, 2.75) is 38.9 Å². The van der Waals surface area contributed by atoms with Crippen LogP contribution in [0.15, 0.2) is 24.4 Å². The van der Waals surface area contributed by atoms with Gasteiger partial charge in [0, 0.05) is 6.20 Å². The van der Waals surface area contributed by atoms with Gasteiger partial charge in [-0.3, -0.25) is 0 Å². The Morgan fingerprint density at radius 3 is 2.45 bits per heavy atom. The van der Waals surface area contributed by atoms with Crippen LogP contribution in [-0.4, -0.2) is 41.0 Å². The molecule has 3 rings (SSSR count). The van der Waals surface area contributed by atoms with E-state index in [9.17, 15) is 4.79 Å². The lowest BCUT2D eigenvalue weighted by Gasteiger charge is -2.32. The molecule has 1 fully saturated rings. The van der Waals surface area contributed by atoms with Crippen LogP contribution in [0.5, 0.6) is 0 Å². The summed E-state index contributed by atoms with van der Waals surface area (Å²) in [4.78, 5) is 11.5. The van der Waals surface area contributed by atoms with Crippen molar-refractivity contribution in [3.63, 3.8) is 0 Å². The number of hydrogen-bond acceptors (Lipinski definition) is 5. The van der Waals surface area contributed by atoms with Crippen molar-refractivity contribution in [2.24, 2.45) is 0 Å². The maximum absolute atomic E-state index is 11.5. The Morgan fingerprint density at radius 1 is 1.23 bits per heavy atom. The largest absolute Gasteiger partial charge is 0.494 e. The second-order valence-corrected chi connectivity index (χ2v) is 6.44. The van der Waals surface area contributed by atoms with E-state index < -0.39 is 13.1 Å². The van der Waals surface area contributed by atoms with Gasteiger partial charge in [0.15, 0.2) is 5.69 Å². The van der Waals surface area contributed by atoms with Crippen molar-refractivity contribution < 1.29 is 18.8 Å². The van der Waals surface area contributed by atoms with E-state index in [0.717, 1.165) is 11.0 Å². The number of pyridine rings is 1. The predicted octanol–water partition coefficient (Wildman–Crippen LogP) is 1.42. The maximum Gasteiger partial charge on any atom is 0.494 e. The third-order valence-electron chi connectivity index (χ3n) is 4.41. The first-order valence-corrected chi connectivity index (χ1v) is 7.17. The number of rotatable bonds is 2. The van der Waals surface area contributed by atoms with Crippen LogP contribution in [0, 0.1) is 0 Å². The monoisotopic (exact) mass is 302 g/mol. The molecule has 2 aromatic heterocycles. The lowest BCUT2D eigenvalue weighted by atomic mass is 9.79. The molecule has 1 saturated heterocycles. The average molecular weight is 302 g/mol. The minimum atomic E-state index is -0.458. The van der Waals surface area contributed by atoms with Crippen molar-refractivity contribution >= 4 is 24.1 Å². The van der Waals surface area contributed by atoms with Gasteiger partial charge in [-0.2, -0.15) is 5.10 Å².